The first kappa shape index (κ1) is 31.3. The number of rotatable bonds is 18. The predicted octanol–water partition coefficient (Wildman–Crippen LogP) is -4.02. The number of hydrogen-bond acceptors (Lipinski definition) is 9. The molecule has 0 aliphatic carbocycles. The maximum Gasteiger partial charge on any atom is 0.253 e. The third kappa shape index (κ3) is 10.8. The molecule has 2 aliphatic rings. The third-order valence-electron chi connectivity index (χ3n) is 5.63. The average molecular weight is 562 g/mol. The Balaban J connectivity index is 1.55. The van der Waals surface area contributed by atoms with Gasteiger partial charge in [-0.2, -0.15) is 0 Å². The molecule has 0 aromatic heterocycles. The van der Waals surface area contributed by atoms with Crippen molar-refractivity contribution in [3.8, 4) is 0 Å². The van der Waals surface area contributed by atoms with E-state index < -0.39 is 53.3 Å². The maximum absolute atomic E-state index is 12.2. The molecule has 2 heterocycles. The summed E-state index contributed by atoms with van der Waals surface area (Å²) in [5.41, 5.74) is 0. The largest absolute Gasteiger partial charge is 0.355 e. The molecule has 0 radical (unpaired) electrons. The fraction of sp³-hybridized carbons (Fsp3) is 0.458. The lowest BCUT2D eigenvalue weighted by Crippen LogP contribution is -2.42. The van der Waals surface area contributed by atoms with Crippen LogP contribution >= 0.6 is 0 Å². The van der Waals surface area contributed by atoms with Gasteiger partial charge in [0, 0.05) is 95.3 Å². The number of carbonyl (C=O) groups excluding carboxylic acids is 9. The van der Waals surface area contributed by atoms with Crippen LogP contribution in [0.3, 0.4) is 0 Å². The van der Waals surface area contributed by atoms with Crippen LogP contribution in [0.4, 0.5) is 0 Å². The molecule has 0 bridgehead atoms. The number of imide groups is 2. The van der Waals surface area contributed by atoms with Crippen LogP contribution in [-0.2, 0) is 43.2 Å². The van der Waals surface area contributed by atoms with Crippen molar-refractivity contribution in [1.29, 1.82) is 0 Å². The van der Waals surface area contributed by atoms with E-state index in [1.54, 1.807) is 0 Å². The quantitative estimate of drug-likeness (QED) is 0.0624. The smallest absolute Gasteiger partial charge is 0.253 e. The topological polar surface area (TPSA) is 220 Å². The van der Waals surface area contributed by atoms with E-state index in [2.05, 4.69) is 26.6 Å². The molecule has 16 nitrogen and oxygen atoms in total. The van der Waals surface area contributed by atoms with Gasteiger partial charge in [-0.05, 0) is 0 Å². The van der Waals surface area contributed by atoms with Crippen molar-refractivity contribution < 1.29 is 43.2 Å². The highest BCUT2D eigenvalue weighted by atomic mass is 16.2. The van der Waals surface area contributed by atoms with Crippen LogP contribution in [0.5, 0.6) is 0 Å². The zero-order chi connectivity index (χ0) is 29.5. The lowest BCUT2D eigenvalue weighted by molar-refractivity contribution is -0.139. The molecule has 216 valence electrons. The molecule has 0 saturated heterocycles. The summed E-state index contributed by atoms with van der Waals surface area (Å²) in [7, 11) is 0. The average Bonchev–Trinajstić information content (AvgIpc) is 3.40. The Hall–Kier alpha value is -4.89. The molecule has 0 saturated carbocycles. The molecule has 0 aromatic rings. The minimum absolute atomic E-state index is 0.0582. The number of hydrogen-bond donors (Lipinski definition) is 5. The maximum atomic E-state index is 12.2. The molecule has 0 fully saturated rings. The van der Waals surface area contributed by atoms with E-state index in [1.165, 1.54) is 0 Å². The fourth-order valence-electron chi connectivity index (χ4n) is 3.59. The van der Waals surface area contributed by atoms with Gasteiger partial charge in [0.15, 0.2) is 0 Å². The molecule has 2 rings (SSSR count). The number of nitrogens with one attached hydrogen (secondary N) is 5. The first-order valence-electron chi connectivity index (χ1n) is 12.4. The normalized spacial score (nSPS) is 14.1. The van der Waals surface area contributed by atoms with E-state index in [-0.39, 0.29) is 65.0 Å². The minimum Gasteiger partial charge on any atom is -0.355 e. The van der Waals surface area contributed by atoms with E-state index in [0.717, 1.165) is 34.1 Å². The van der Waals surface area contributed by atoms with E-state index in [9.17, 15) is 43.2 Å². The van der Waals surface area contributed by atoms with Crippen LogP contribution in [-0.4, -0.2) is 109 Å². The van der Waals surface area contributed by atoms with Gasteiger partial charge in [0.05, 0.1) is 0 Å². The highest BCUT2D eigenvalue weighted by Crippen LogP contribution is 2.05. The van der Waals surface area contributed by atoms with Crippen LogP contribution in [0.1, 0.15) is 25.7 Å². The van der Waals surface area contributed by atoms with Crippen molar-refractivity contribution in [2.45, 2.75) is 31.7 Å². The fourth-order valence-corrected chi connectivity index (χ4v) is 3.59. The first-order valence-corrected chi connectivity index (χ1v) is 12.4. The van der Waals surface area contributed by atoms with Gasteiger partial charge in [-0.3, -0.25) is 53.0 Å². The Morgan fingerprint density at radius 2 is 0.925 bits per heavy atom. The van der Waals surface area contributed by atoms with Gasteiger partial charge < -0.3 is 26.6 Å². The molecular formula is C24H31N7O9. The molecule has 0 spiro atoms. The van der Waals surface area contributed by atoms with Crippen LogP contribution in [0.25, 0.3) is 0 Å². The summed E-state index contributed by atoms with van der Waals surface area (Å²) in [6, 6.07) is -0.796. The summed E-state index contributed by atoms with van der Waals surface area (Å²) in [6.45, 7) is 0.205. The number of carbonyl (C=O) groups is 9. The molecule has 2 aliphatic heterocycles. The van der Waals surface area contributed by atoms with E-state index in [4.69, 9.17) is 0 Å². The standard InChI is InChI=1S/C24H31N7O9/c32-15-29-16(13-19(35)27-9-7-25-17(33)5-11-30-21(37)1-2-22(30)38)14-20(36)28-10-8-26-18(34)6-12-31-23(39)3-4-24(31)40/h1-4,15-16H,5-14H2,(H,25,33)(H,26,34)(H,27,35)(H,28,36)(H,29,32). The van der Waals surface area contributed by atoms with E-state index in [0.29, 0.717) is 6.41 Å². The summed E-state index contributed by atoms with van der Waals surface area (Å²) in [4.78, 5) is 107. The predicted molar refractivity (Wildman–Crippen MR) is 135 cm³/mol. The molecule has 0 unspecified atom stereocenters. The Morgan fingerprint density at radius 1 is 0.600 bits per heavy atom. The minimum atomic E-state index is -0.796. The van der Waals surface area contributed by atoms with Crippen molar-refractivity contribution in [3.63, 3.8) is 0 Å². The Morgan fingerprint density at radius 3 is 1.25 bits per heavy atom. The zero-order valence-corrected chi connectivity index (χ0v) is 21.6. The van der Waals surface area contributed by atoms with Gasteiger partial charge >= 0.3 is 0 Å². The second-order valence-electron chi connectivity index (χ2n) is 8.61. The van der Waals surface area contributed by atoms with Gasteiger partial charge in [0.1, 0.15) is 0 Å². The van der Waals surface area contributed by atoms with Crippen molar-refractivity contribution in [1.82, 2.24) is 36.4 Å². The Kier molecular flexibility index (Phi) is 12.7. The molecule has 0 aromatic carbocycles. The zero-order valence-electron chi connectivity index (χ0n) is 21.6. The van der Waals surface area contributed by atoms with Crippen LogP contribution in [0.15, 0.2) is 24.3 Å². The Bertz CT molecular complexity index is 986. The monoisotopic (exact) mass is 561 g/mol. The number of amides is 9. The van der Waals surface area contributed by atoms with Gasteiger partial charge in [-0.25, -0.2) is 0 Å². The van der Waals surface area contributed by atoms with Gasteiger partial charge in [0.25, 0.3) is 23.6 Å². The van der Waals surface area contributed by atoms with Crippen molar-refractivity contribution in [2.24, 2.45) is 0 Å². The van der Waals surface area contributed by atoms with Gasteiger partial charge in [0.2, 0.25) is 30.0 Å². The summed E-state index contributed by atoms with van der Waals surface area (Å²) in [5, 5.41) is 12.6. The first-order chi connectivity index (χ1) is 19.1. The van der Waals surface area contributed by atoms with Gasteiger partial charge in [-0.1, -0.05) is 0 Å². The molecule has 9 amide bonds. The van der Waals surface area contributed by atoms with Crippen LogP contribution < -0.4 is 26.6 Å². The van der Waals surface area contributed by atoms with Crippen molar-refractivity contribution in [3.05, 3.63) is 24.3 Å². The summed E-state index contributed by atoms with van der Waals surface area (Å²) in [6.07, 6.45) is 4.28. The second-order valence-corrected chi connectivity index (χ2v) is 8.61. The summed E-state index contributed by atoms with van der Waals surface area (Å²) >= 11 is 0. The molecule has 5 N–H and O–H groups in total. The van der Waals surface area contributed by atoms with E-state index in [1.807, 2.05) is 0 Å². The second kappa shape index (κ2) is 16.2. The number of nitrogens with zero attached hydrogens (tertiary/aromatic N) is 2. The highest BCUT2D eigenvalue weighted by Gasteiger charge is 2.24. The van der Waals surface area contributed by atoms with E-state index >= 15 is 0 Å². The lowest BCUT2D eigenvalue weighted by Gasteiger charge is -2.16. The summed E-state index contributed by atoms with van der Waals surface area (Å²) in [5.74, 6) is -3.70. The van der Waals surface area contributed by atoms with Crippen LogP contribution in [0, 0.1) is 0 Å². The summed E-state index contributed by atoms with van der Waals surface area (Å²) < 4.78 is 0. The molecular weight excluding hydrogens is 530 g/mol. The van der Waals surface area contributed by atoms with Crippen molar-refractivity contribution in [2.75, 3.05) is 39.3 Å². The molecule has 40 heavy (non-hydrogen) atoms. The Labute approximate surface area is 228 Å². The highest BCUT2D eigenvalue weighted by molar-refractivity contribution is 6.13. The molecule has 0 atom stereocenters. The third-order valence-corrected chi connectivity index (χ3v) is 5.63. The van der Waals surface area contributed by atoms with Gasteiger partial charge in [-0.15, -0.1) is 0 Å². The lowest BCUT2D eigenvalue weighted by atomic mass is 10.1. The van der Waals surface area contributed by atoms with Crippen molar-refractivity contribution >= 4 is 53.7 Å². The SMILES string of the molecule is O=CNC(CC(=O)NCCNC(=O)CCN1C(=O)C=CC1=O)CC(=O)NCCNC(=O)CCN1C(=O)C=CC1=O. The van der Waals surface area contributed by atoms with Crippen LogP contribution in [0.2, 0.25) is 0 Å². The molecule has 16 heteroatoms.